The van der Waals surface area contributed by atoms with E-state index in [4.69, 9.17) is 3.07 Å². The van der Waals surface area contributed by atoms with Crippen LogP contribution >= 0.6 is 0 Å². The van der Waals surface area contributed by atoms with Gasteiger partial charge in [0.05, 0.1) is 0 Å². The van der Waals surface area contributed by atoms with E-state index in [1.807, 2.05) is 0 Å². The molecule has 0 radical (unpaired) electrons. The standard InChI is InChI=1S/C8H17.C7H15O.2C4H9.Sn/c1-3-5-7-8-6-4-2;1-2-3-4-5-6-7-8;2*1-3-4-2;/h1,3-8H2,2H3;2-7H2,1H3;2*1,3-4H2,2H3;/q;-1;;;+1. The van der Waals surface area contributed by atoms with Crippen LogP contribution in [-0.2, 0) is 3.07 Å². The number of hydrogen-bond acceptors (Lipinski definition) is 1. The summed E-state index contributed by atoms with van der Waals surface area (Å²) < 4.78 is 11.4. The first-order chi connectivity index (χ1) is 12.2. The molecule has 1 nitrogen and oxygen atoms in total. The van der Waals surface area contributed by atoms with Crippen LogP contribution in [0, 0.1) is 0 Å². The van der Waals surface area contributed by atoms with Crippen molar-refractivity contribution in [1.82, 2.24) is 0 Å². The van der Waals surface area contributed by atoms with E-state index in [0.29, 0.717) is 0 Å². The molecule has 0 aliphatic heterocycles. The Labute approximate surface area is 165 Å². The molecule has 0 unspecified atom stereocenters. The summed E-state index contributed by atoms with van der Waals surface area (Å²) in [7, 11) is 0. The van der Waals surface area contributed by atoms with Crippen LogP contribution in [0.5, 0.6) is 0 Å². The second kappa shape index (κ2) is 19.5. The average Bonchev–Trinajstić information content (AvgIpc) is 2.63. The molecule has 0 aliphatic rings. The van der Waals surface area contributed by atoms with Crippen molar-refractivity contribution < 1.29 is 3.07 Å². The van der Waals surface area contributed by atoms with Gasteiger partial charge in [0.2, 0.25) is 0 Å². The molecule has 0 aromatic rings. The monoisotopic (exact) mass is 462 g/mol. The van der Waals surface area contributed by atoms with Crippen LogP contribution in [0.3, 0.4) is 0 Å². The Morgan fingerprint density at radius 2 is 0.840 bits per heavy atom. The van der Waals surface area contributed by atoms with Crippen LogP contribution in [0.4, 0.5) is 0 Å². The predicted octanol–water partition coefficient (Wildman–Crippen LogP) is 8.88. The Bertz CT molecular complexity index is 228. The van der Waals surface area contributed by atoms with Crippen molar-refractivity contribution >= 4 is 18.8 Å². The number of unbranched alkanes of at least 4 members (excludes halogenated alkanes) is 11. The van der Waals surface area contributed by atoms with Crippen LogP contribution < -0.4 is 0 Å². The van der Waals surface area contributed by atoms with Gasteiger partial charge in [0, 0.05) is 0 Å². The van der Waals surface area contributed by atoms with Gasteiger partial charge in [0.1, 0.15) is 0 Å². The molecule has 0 amide bonds. The molecular formula is C23H50OSn. The summed E-state index contributed by atoms with van der Waals surface area (Å²) in [5.74, 6) is 0. The first kappa shape index (κ1) is 25.8. The van der Waals surface area contributed by atoms with Gasteiger partial charge in [-0.25, -0.2) is 0 Å². The molecule has 0 heterocycles. The first-order valence-corrected chi connectivity index (χ1v) is 19.1. The van der Waals surface area contributed by atoms with E-state index >= 15 is 0 Å². The fourth-order valence-electron chi connectivity index (χ4n) is 3.81. The van der Waals surface area contributed by atoms with Gasteiger partial charge in [-0.2, -0.15) is 0 Å². The molecule has 0 saturated heterocycles. The minimum atomic E-state index is -2.33. The Hall–Kier alpha value is 0.759. The van der Waals surface area contributed by atoms with Gasteiger partial charge in [0.25, 0.3) is 0 Å². The second-order valence-corrected chi connectivity index (χ2v) is 20.0. The number of rotatable bonds is 20. The van der Waals surface area contributed by atoms with Gasteiger partial charge in [-0.3, -0.25) is 0 Å². The molecule has 0 spiro atoms. The van der Waals surface area contributed by atoms with E-state index in [1.165, 1.54) is 110 Å². The van der Waals surface area contributed by atoms with E-state index in [1.54, 1.807) is 0 Å². The Morgan fingerprint density at radius 3 is 1.36 bits per heavy atom. The zero-order valence-electron chi connectivity index (χ0n) is 18.3. The summed E-state index contributed by atoms with van der Waals surface area (Å²) in [6.07, 6.45) is 21.0. The Morgan fingerprint density at radius 1 is 0.440 bits per heavy atom. The van der Waals surface area contributed by atoms with Crippen molar-refractivity contribution in [1.29, 1.82) is 0 Å². The van der Waals surface area contributed by atoms with Crippen molar-refractivity contribution in [2.24, 2.45) is 0 Å². The molecular weight excluding hydrogens is 411 g/mol. The second-order valence-electron chi connectivity index (χ2n) is 8.17. The van der Waals surface area contributed by atoms with Crippen molar-refractivity contribution in [2.45, 2.75) is 137 Å². The van der Waals surface area contributed by atoms with Crippen molar-refractivity contribution in [3.63, 3.8) is 0 Å². The molecule has 0 fully saturated rings. The van der Waals surface area contributed by atoms with E-state index in [-0.39, 0.29) is 0 Å². The summed E-state index contributed by atoms with van der Waals surface area (Å²) in [5.41, 5.74) is 0. The van der Waals surface area contributed by atoms with Crippen molar-refractivity contribution in [3.05, 3.63) is 0 Å². The molecule has 0 bridgehead atoms. The van der Waals surface area contributed by atoms with Crippen molar-refractivity contribution in [2.75, 3.05) is 6.61 Å². The molecule has 152 valence electrons. The van der Waals surface area contributed by atoms with Gasteiger partial charge in [-0.15, -0.1) is 0 Å². The summed E-state index contributed by atoms with van der Waals surface area (Å²) in [5, 5.41) is 0. The summed E-state index contributed by atoms with van der Waals surface area (Å²) in [6.45, 7) is 10.4. The molecule has 0 aromatic carbocycles. The Balaban J connectivity index is 4.35. The molecule has 0 aliphatic carbocycles. The zero-order chi connectivity index (χ0) is 18.6. The zero-order valence-corrected chi connectivity index (χ0v) is 21.2. The average molecular weight is 461 g/mol. The molecule has 0 aromatic heterocycles. The first-order valence-electron chi connectivity index (χ1n) is 11.9. The summed E-state index contributed by atoms with van der Waals surface area (Å²) in [6, 6.07) is 0. The summed E-state index contributed by atoms with van der Waals surface area (Å²) >= 11 is -2.33. The molecule has 0 rings (SSSR count). The van der Waals surface area contributed by atoms with Crippen molar-refractivity contribution in [3.8, 4) is 0 Å². The molecule has 0 atom stereocenters. The van der Waals surface area contributed by atoms with E-state index < -0.39 is 18.8 Å². The third-order valence-corrected chi connectivity index (χ3v) is 18.8. The minimum absolute atomic E-state index is 1.09. The fourth-order valence-corrected chi connectivity index (χ4v) is 17.1. The quantitative estimate of drug-likeness (QED) is 0.130. The predicted molar refractivity (Wildman–Crippen MR) is 118 cm³/mol. The van der Waals surface area contributed by atoms with E-state index in [2.05, 4.69) is 27.7 Å². The number of hydrogen-bond donors (Lipinski definition) is 0. The van der Waals surface area contributed by atoms with Crippen LogP contribution in [-0.4, -0.2) is 25.4 Å². The van der Waals surface area contributed by atoms with E-state index in [9.17, 15) is 0 Å². The van der Waals surface area contributed by atoms with Gasteiger partial charge in [-0.05, 0) is 0 Å². The van der Waals surface area contributed by atoms with Crippen LogP contribution in [0.2, 0.25) is 13.3 Å². The molecule has 0 saturated carbocycles. The van der Waals surface area contributed by atoms with Gasteiger partial charge < -0.3 is 0 Å². The van der Waals surface area contributed by atoms with E-state index in [0.717, 1.165) is 6.61 Å². The third kappa shape index (κ3) is 15.5. The molecule has 0 N–H and O–H groups in total. The normalized spacial score (nSPS) is 12.0. The van der Waals surface area contributed by atoms with Gasteiger partial charge >= 0.3 is 166 Å². The van der Waals surface area contributed by atoms with Crippen LogP contribution in [0.25, 0.3) is 0 Å². The summed E-state index contributed by atoms with van der Waals surface area (Å²) in [4.78, 5) is 0. The van der Waals surface area contributed by atoms with Gasteiger partial charge in [0.15, 0.2) is 0 Å². The SMILES string of the molecule is CCCCCCC[CH2][Sn]([CH2]CCC)([CH2]CCC)[O]CCCCCCC. The van der Waals surface area contributed by atoms with Crippen LogP contribution in [0.1, 0.15) is 124 Å². The Kier molecular flexibility index (Phi) is 20.1. The topological polar surface area (TPSA) is 9.23 Å². The maximum atomic E-state index is 6.85. The maximum absolute atomic E-state index is 6.85. The van der Waals surface area contributed by atoms with Crippen LogP contribution in [0.15, 0.2) is 0 Å². The van der Waals surface area contributed by atoms with Gasteiger partial charge in [-0.1, -0.05) is 0 Å². The molecule has 25 heavy (non-hydrogen) atoms. The fraction of sp³-hybridized carbons (Fsp3) is 1.00. The third-order valence-electron chi connectivity index (χ3n) is 5.61. The molecule has 2 heteroatoms.